The van der Waals surface area contributed by atoms with Crippen LogP contribution in [0, 0.1) is 0 Å². The highest BCUT2D eigenvalue weighted by Gasteiger charge is 2.28. The quantitative estimate of drug-likeness (QED) is 0.700. The minimum absolute atomic E-state index is 0.306. The van der Waals surface area contributed by atoms with Crippen LogP contribution in [0.15, 0.2) is 12.1 Å². The maximum atomic E-state index is 3.70. The lowest BCUT2D eigenvalue weighted by Crippen LogP contribution is -2.23. The summed E-state index contributed by atoms with van der Waals surface area (Å²) in [5.74, 6) is 0. The van der Waals surface area contributed by atoms with E-state index >= 15 is 0 Å². The monoisotopic (exact) mass is 235 g/mol. The molecule has 0 bridgehead atoms. The SMILES string of the molecule is CCC(C)(CC)c1ccc(C(C)(CC)CC)[nH]1. The van der Waals surface area contributed by atoms with E-state index in [1.807, 2.05) is 0 Å². The second kappa shape index (κ2) is 5.29. The van der Waals surface area contributed by atoms with Crippen LogP contribution in [0.5, 0.6) is 0 Å². The Hall–Kier alpha value is -0.720. The first-order valence-corrected chi connectivity index (χ1v) is 7.15. The molecule has 1 heterocycles. The molecule has 0 saturated carbocycles. The molecular weight excluding hydrogens is 206 g/mol. The lowest BCUT2D eigenvalue weighted by molar-refractivity contribution is 0.408. The third-order valence-electron chi connectivity index (χ3n) is 5.11. The number of rotatable bonds is 6. The van der Waals surface area contributed by atoms with Crippen molar-refractivity contribution in [3.63, 3.8) is 0 Å². The van der Waals surface area contributed by atoms with Crippen LogP contribution < -0.4 is 0 Å². The van der Waals surface area contributed by atoms with Gasteiger partial charge in [0.2, 0.25) is 0 Å². The van der Waals surface area contributed by atoms with E-state index in [1.165, 1.54) is 37.1 Å². The number of aromatic amines is 1. The first kappa shape index (κ1) is 14.3. The summed E-state index contributed by atoms with van der Waals surface area (Å²) in [6.07, 6.45) is 4.77. The molecular formula is C16H29N. The third-order valence-corrected chi connectivity index (χ3v) is 5.11. The fourth-order valence-corrected chi connectivity index (χ4v) is 2.36. The first-order valence-electron chi connectivity index (χ1n) is 7.15. The molecule has 0 aromatic carbocycles. The fourth-order valence-electron chi connectivity index (χ4n) is 2.36. The molecule has 0 aliphatic rings. The van der Waals surface area contributed by atoms with E-state index in [0.717, 1.165) is 0 Å². The van der Waals surface area contributed by atoms with Gasteiger partial charge in [0.1, 0.15) is 0 Å². The average molecular weight is 235 g/mol. The Labute approximate surface area is 107 Å². The number of nitrogens with one attached hydrogen (secondary N) is 1. The maximum Gasteiger partial charge on any atom is 0.0209 e. The number of hydrogen-bond acceptors (Lipinski definition) is 0. The predicted molar refractivity (Wildman–Crippen MR) is 76.7 cm³/mol. The Morgan fingerprint density at radius 2 is 1.06 bits per heavy atom. The van der Waals surface area contributed by atoms with Crippen molar-refractivity contribution < 1.29 is 0 Å². The summed E-state index contributed by atoms with van der Waals surface area (Å²) in [7, 11) is 0. The molecule has 0 saturated heterocycles. The van der Waals surface area contributed by atoms with Crippen LogP contribution in [0.4, 0.5) is 0 Å². The molecule has 0 fully saturated rings. The van der Waals surface area contributed by atoms with E-state index in [2.05, 4.69) is 58.7 Å². The molecule has 0 spiro atoms. The van der Waals surface area contributed by atoms with Crippen LogP contribution in [0.3, 0.4) is 0 Å². The Bertz CT molecular complexity index is 308. The largest absolute Gasteiger partial charge is 0.361 e. The van der Waals surface area contributed by atoms with Crippen LogP contribution in [0.2, 0.25) is 0 Å². The number of H-pyrrole nitrogens is 1. The molecule has 0 aliphatic heterocycles. The van der Waals surface area contributed by atoms with Gasteiger partial charge in [-0.05, 0) is 37.8 Å². The van der Waals surface area contributed by atoms with Gasteiger partial charge < -0.3 is 4.98 Å². The molecule has 1 N–H and O–H groups in total. The van der Waals surface area contributed by atoms with Crippen molar-refractivity contribution in [2.75, 3.05) is 0 Å². The van der Waals surface area contributed by atoms with Gasteiger partial charge in [-0.2, -0.15) is 0 Å². The van der Waals surface area contributed by atoms with Crippen molar-refractivity contribution in [1.29, 1.82) is 0 Å². The molecule has 0 aliphatic carbocycles. The molecule has 0 radical (unpaired) electrons. The third kappa shape index (κ3) is 2.59. The second-order valence-corrected chi connectivity index (χ2v) is 5.82. The van der Waals surface area contributed by atoms with Crippen molar-refractivity contribution in [2.45, 2.75) is 78.1 Å². The molecule has 98 valence electrons. The van der Waals surface area contributed by atoms with Crippen LogP contribution in [-0.2, 0) is 10.8 Å². The van der Waals surface area contributed by atoms with E-state index in [4.69, 9.17) is 0 Å². The zero-order valence-corrected chi connectivity index (χ0v) is 12.5. The van der Waals surface area contributed by atoms with Gasteiger partial charge in [-0.25, -0.2) is 0 Å². The summed E-state index contributed by atoms with van der Waals surface area (Å²) in [6.45, 7) is 13.8. The van der Waals surface area contributed by atoms with Crippen molar-refractivity contribution >= 4 is 0 Å². The molecule has 1 aromatic rings. The molecule has 1 aromatic heterocycles. The van der Waals surface area contributed by atoms with E-state index in [0.29, 0.717) is 10.8 Å². The van der Waals surface area contributed by atoms with Crippen molar-refractivity contribution in [3.8, 4) is 0 Å². The van der Waals surface area contributed by atoms with Crippen LogP contribution in [0.25, 0.3) is 0 Å². The van der Waals surface area contributed by atoms with Gasteiger partial charge in [0, 0.05) is 22.2 Å². The molecule has 1 nitrogen and oxygen atoms in total. The van der Waals surface area contributed by atoms with Gasteiger partial charge in [0.05, 0.1) is 0 Å². The van der Waals surface area contributed by atoms with Gasteiger partial charge in [-0.1, -0.05) is 41.5 Å². The summed E-state index contributed by atoms with van der Waals surface area (Å²) in [4.78, 5) is 3.70. The summed E-state index contributed by atoms with van der Waals surface area (Å²) < 4.78 is 0. The minimum Gasteiger partial charge on any atom is -0.361 e. The van der Waals surface area contributed by atoms with Crippen molar-refractivity contribution in [1.82, 2.24) is 4.98 Å². The van der Waals surface area contributed by atoms with Crippen molar-refractivity contribution in [3.05, 3.63) is 23.5 Å². The Morgan fingerprint density at radius 3 is 1.29 bits per heavy atom. The standard InChI is InChI=1S/C16H29N/c1-7-15(5,8-2)13-11-12-14(17-13)16(6,9-3)10-4/h11-12,17H,7-10H2,1-6H3. The predicted octanol–water partition coefficient (Wildman–Crippen LogP) is 5.17. The molecule has 17 heavy (non-hydrogen) atoms. The van der Waals surface area contributed by atoms with Crippen LogP contribution in [-0.4, -0.2) is 4.98 Å². The van der Waals surface area contributed by atoms with E-state index < -0.39 is 0 Å². The summed E-state index contributed by atoms with van der Waals surface area (Å²) in [5.41, 5.74) is 3.43. The Balaban J connectivity index is 3.07. The topological polar surface area (TPSA) is 15.8 Å². The normalized spacial score (nSPS) is 13.1. The Morgan fingerprint density at radius 1 is 0.765 bits per heavy atom. The highest BCUT2D eigenvalue weighted by molar-refractivity contribution is 5.25. The first-order chi connectivity index (χ1) is 7.95. The van der Waals surface area contributed by atoms with E-state index in [1.54, 1.807) is 0 Å². The van der Waals surface area contributed by atoms with Gasteiger partial charge in [-0.15, -0.1) is 0 Å². The Kier molecular flexibility index (Phi) is 4.46. The fraction of sp³-hybridized carbons (Fsp3) is 0.750. The second-order valence-electron chi connectivity index (χ2n) is 5.82. The van der Waals surface area contributed by atoms with Gasteiger partial charge in [-0.3, -0.25) is 0 Å². The molecule has 0 unspecified atom stereocenters. The maximum absolute atomic E-state index is 3.70. The number of hydrogen-bond donors (Lipinski definition) is 1. The summed E-state index contributed by atoms with van der Waals surface area (Å²) >= 11 is 0. The highest BCUT2D eigenvalue weighted by atomic mass is 14.8. The van der Waals surface area contributed by atoms with Crippen molar-refractivity contribution in [2.24, 2.45) is 0 Å². The number of aromatic nitrogens is 1. The van der Waals surface area contributed by atoms with E-state index in [9.17, 15) is 0 Å². The molecule has 0 atom stereocenters. The van der Waals surface area contributed by atoms with E-state index in [-0.39, 0.29) is 0 Å². The summed E-state index contributed by atoms with van der Waals surface area (Å²) in [5, 5.41) is 0. The zero-order valence-electron chi connectivity index (χ0n) is 12.5. The average Bonchev–Trinajstić information content (AvgIpc) is 2.87. The van der Waals surface area contributed by atoms with Crippen LogP contribution in [0.1, 0.15) is 78.6 Å². The summed E-state index contributed by atoms with van der Waals surface area (Å²) in [6, 6.07) is 4.60. The van der Waals surface area contributed by atoms with Gasteiger partial charge in [0.25, 0.3) is 0 Å². The molecule has 1 heteroatoms. The lowest BCUT2D eigenvalue weighted by Gasteiger charge is -2.28. The lowest BCUT2D eigenvalue weighted by atomic mass is 9.81. The zero-order chi connectivity index (χ0) is 13.1. The minimum atomic E-state index is 0.306. The smallest absolute Gasteiger partial charge is 0.0209 e. The van der Waals surface area contributed by atoms with Gasteiger partial charge >= 0.3 is 0 Å². The molecule has 0 amide bonds. The highest BCUT2D eigenvalue weighted by Crippen LogP contribution is 2.35. The van der Waals surface area contributed by atoms with Gasteiger partial charge in [0.15, 0.2) is 0 Å². The molecule has 1 rings (SSSR count). The van der Waals surface area contributed by atoms with Crippen LogP contribution >= 0.6 is 0 Å².